The second kappa shape index (κ2) is 9.05. The molecule has 144 valence electrons. The summed E-state index contributed by atoms with van der Waals surface area (Å²) in [6.07, 6.45) is 0. The third-order valence-corrected chi connectivity index (χ3v) is 5.48. The molecule has 1 fully saturated rings. The van der Waals surface area contributed by atoms with Gasteiger partial charge >= 0.3 is 0 Å². The Bertz CT molecular complexity index is 727. The standard InChI is InChI=1S/C23H31N3O/c1-4-25(5-2)22-10-6-20(7-11-22)18-24-14-16-26(17-15-24)23-12-8-21(9-13-23)19(3)27/h6-13H,4-5,14-18H2,1-3H3. The zero-order valence-electron chi connectivity index (χ0n) is 16.8. The maximum absolute atomic E-state index is 11.4. The minimum Gasteiger partial charge on any atom is -0.372 e. The van der Waals surface area contributed by atoms with E-state index in [0.29, 0.717) is 0 Å². The van der Waals surface area contributed by atoms with Gasteiger partial charge < -0.3 is 9.80 Å². The summed E-state index contributed by atoms with van der Waals surface area (Å²) in [5, 5.41) is 0. The average molecular weight is 366 g/mol. The topological polar surface area (TPSA) is 26.8 Å². The molecule has 0 aromatic heterocycles. The molecule has 0 spiro atoms. The van der Waals surface area contributed by atoms with Gasteiger partial charge in [-0.2, -0.15) is 0 Å². The minimum absolute atomic E-state index is 0.124. The van der Waals surface area contributed by atoms with Crippen LogP contribution in [-0.2, 0) is 6.54 Å². The molecule has 0 bridgehead atoms. The number of hydrogen-bond acceptors (Lipinski definition) is 4. The van der Waals surface area contributed by atoms with E-state index in [9.17, 15) is 4.79 Å². The summed E-state index contributed by atoms with van der Waals surface area (Å²) in [7, 11) is 0. The minimum atomic E-state index is 0.124. The Hall–Kier alpha value is -2.33. The van der Waals surface area contributed by atoms with Crippen molar-refractivity contribution in [2.24, 2.45) is 0 Å². The van der Waals surface area contributed by atoms with Gasteiger partial charge in [0.25, 0.3) is 0 Å². The molecule has 4 nitrogen and oxygen atoms in total. The molecule has 1 aliphatic heterocycles. The normalized spacial score (nSPS) is 15.0. The van der Waals surface area contributed by atoms with E-state index in [2.05, 4.69) is 64.9 Å². The number of Topliss-reactive ketones (excluding diaryl/α,β-unsaturated/α-hetero) is 1. The van der Waals surface area contributed by atoms with Gasteiger partial charge in [0.2, 0.25) is 0 Å². The van der Waals surface area contributed by atoms with Gasteiger partial charge in [0.05, 0.1) is 0 Å². The van der Waals surface area contributed by atoms with Crippen LogP contribution in [0.2, 0.25) is 0 Å². The van der Waals surface area contributed by atoms with Crippen molar-refractivity contribution in [3.8, 4) is 0 Å². The van der Waals surface area contributed by atoms with E-state index >= 15 is 0 Å². The Balaban J connectivity index is 1.52. The molecule has 0 amide bonds. The highest BCUT2D eigenvalue weighted by Crippen LogP contribution is 2.20. The van der Waals surface area contributed by atoms with Gasteiger partial charge in [0, 0.05) is 62.8 Å². The Morgan fingerprint density at radius 2 is 1.48 bits per heavy atom. The molecule has 0 aliphatic carbocycles. The number of anilines is 2. The monoisotopic (exact) mass is 365 g/mol. The molecule has 0 atom stereocenters. The van der Waals surface area contributed by atoms with Gasteiger partial charge in [0.15, 0.2) is 5.78 Å². The number of ketones is 1. The molecule has 0 N–H and O–H groups in total. The lowest BCUT2D eigenvalue weighted by molar-refractivity contribution is 0.101. The molecule has 0 saturated carbocycles. The van der Waals surface area contributed by atoms with Crippen LogP contribution in [0.5, 0.6) is 0 Å². The van der Waals surface area contributed by atoms with Gasteiger partial charge in [-0.25, -0.2) is 0 Å². The number of carbonyl (C=O) groups excluding carboxylic acids is 1. The number of rotatable bonds is 7. The molecule has 1 heterocycles. The molecule has 4 heteroatoms. The lowest BCUT2D eigenvalue weighted by atomic mass is 10.1. The smallest absolute Gasteiger partial charge is 0.159 e. The van der Waals surface area contributed by atoms with Crippen LogP contribution in [0, 0.1) is 0 Å². The summed E-state index contributed by atoms with van der Waals surface area (Å²) >= 11 is 0. The van der Waals surface area contributed by atoms with Gasteiger partial charge in [-0.05, 0) is 62.7 Å². The van der Waals surface area contributed by atoms with Crippen molar-refractivity contribution in [3.63, 3.8) is 0 Å². The highest BCUT2D eigenvalue weighted by Gasteiger charge is 2.17. The third-order valence-electron chi connectivity index (χ3n) is 5.48. The second-order valence-electron chi connectivity index (χ2n) is 7.20. The Kier molecular flexibility index (Phi) is 6.51. The largest absolute Gasteiger partial charge is 0.372 e. The average Bonchev–Trinajstić information content (AvgIpc) is 2.71. The fourth-order valence-corrected chi connectivity index (χ4v) is 3.73. The van der Waals surface area contributed by atoms with E-state index in [1.165, 1.54) is 16.9 Å². The van der Waals surface area contributed by atoms with Crippen LogP contribution in [0.4, 0.5) is 11.4 Å². The van der Waals surface area contributed by atoms with E-state index < -0.39 is 0 Å². The second-order valence-corrected chi connectivity index (χ2v) is 7.20. The van der Waals surface area contributed by atoms with Crippen LogP contribution in [-0.4, -0.2) is 50.0 Å². The van der Waals surface area contributed by atoms with Crippen molar-refractivity contribution < 1.29 is 4.79 Å². The molecule has 0 unspecified atom stereocenters. The van der Waals surface area contributed by atoms with Gasteiger partial charge in [0.1, 0.15) is 0 Å². The van der Waals surface area contributed by atoms with Crippen molar-refractivity contribution in [2.45, 2.75) is 27.3 Å². The molecule has 1 saturated heterocycles. The van der Waals surface area contributed by atoms with Crippen molar-refractivity contribution in [1.82, 2.24) is 4.90 Å². The van der Waals surface area contributed by atoms with Crippen molar-refractivity contribution in [1.29, 1.82) is 0 Å². The first-order chi connectivity index (χ1) is 13.1. The fourth-order valence-electron chi connectivity index (χ4n) is 3.73. The summed E-state index contributed by atoms with van der Waals surface area (Å²) < 4.78 is 0. The van der Waals surface area contributed by atoms with E-state index in [-0.39, 0.29) is 5.78 Å². The summed E-state index contributed by atoms with van der Waals surface area (Å²) in [6.45, 7) is 13.3. The van der Waals surface area contributed by atoms with Crippen molar-refractivity contribution in [3.05, 3.63) is 59.7 Å². The van der Waals surface area contributed by atoms with Gasteiger partial charge in [-0.1, -0.05) is 12.1 Å². The SMILES string of the molecule is CCN(CC)c1ccc(CN2CCN(c3ccc(C(C)=O)cc3)CC2)cc1. The van der Waals surface area contributed by atoms with Crippen LogP contribution in [0.15, 0.2) is 48.5 Å². The molecule has 2 aromatic rings. The Labute approximate surface area is 163 Å². The van der Waals surface area contributed by atoms with Gasteiger partial charge in [-0.15, -0.1) is 0 Å². The molecule has 3 rings (SSSR count). The molecular weight excluding hydrogens is 334 g/mol. The lowest BCUT2D eigenvalue weighted by Crippen LogP contribution is -2.45. The lowest BCUT2D eigenvalue weighted by Gasteiger charge is -2.36. The number of benzene rings is 2. The molecule has 27 heavy (non-hydrogen) atoms. The zero-order chi connectivity index (χ0) is 19.2. The summed E-state index contributed by atoms with van der Waals surface area (Å²) in [4.78, 5) is 18.7. The van der Waals surface area contributed by atoms with E-state index in [1.807, 2.05) is 12.1 Å². The highest BCUT2D eigenvalue weighted by molar-refractivity contribution is 5.94. The number of nitrogens with zero attached hydrogens (tertiary/aromatic N) is 3. The van der Waals surface area contributed by atoms with E-state index in [4.69, 9.17) is 0 Å². The summed E-state index contributed by atoms with van der Waals surface area (Å²) in [5.74, 6) is 0.124. The van der Waals surface area contributed by atoms with Crippen LogP contribution < -0.4 is 9.80 Å². The van der Waals surface area contributed by atoms with Gasteiger partial charge in [-0.3, -0.25) is 9.69 Å². The van der Waals surface area contributed by atoms with Crippen LogP contribution in [0.1, 0.15) is 36.7 Å². The number of carbonyl (C=O) groups is 1. The maximum atomic E-state index is 11.4. The molecular formula is C23H31N3O. The first kappa shape index (κ1) is 19.4. The Morgan fingerprint density at radius 3 is 2.00 bits per heavy atom. The number of hydrogen-bond donors (Lipinski definition) is 0. The summed E-state index contributed by atoms with van der Waals surface area (Å²) in [6, 6.07) is 17.0. The van der Waals surface area contributed by atoms with Crippen LogP contribution in [0.25, 0.3) is 0 Å². The van der Waals surface area contributed by atoms with E-state index in [1.54, 1.807) is 6.92 Å². The molecule has 1 aliphatic rings. The molecule has 2 aromatic carbocycles. The maximum Gasteiger partial charge on any atom is 0.159 e. The zero-order valence-corrected chi connectivity index (χ0v) is 16.8. The van der Waals surface area contributed by atoms with Crippen molar-refractivity contribution >= 4 is 17.2 Å². The predicted molar refractivity (Wildman–Crippen MR) is 114 cm³/mol. The first-order valence-electron chi connectivity index (χ1n) is 10.0. The van der Waals surface area contributed by atoms with Crippen LogP contribution in [0.3, 0.4) is 0 Å². The third kappa shape index (κ3) is 4.89. The van der Waals surface area contributed by atoms with Crippen molar-refractivity contribution in [2.75, 3.05) is 49.1 Å². The Morgan fingerprint density at radius 1 is 0.889 bits per heavy atom. The van der Waals surface area contributed by atoms with Crippen LogP contribution >= 0.6 is 0 Å². The fraction of sp³-hybridized carbons (Fsp3) is 0.435. The summed E-state index contributed by atoms with van der Waals surface area (Å²) in [5.41, 5.74) is 4.68. The quantitative estimate of drug-likeness (QED) is 0.692. The number of piperazine rings is 1. The highest BCUT2D eigenvalue weighted by atomic mass is 16.1. The first-order valence-corrected chi connectivity index (χ1v) is 10.0. The predicted octanol–water partition coefficient (Wildman–Crippen LogP) is 4.06. The molecule has 0 radical (unpaired) electrons. The van der Waals surface area contributed by atoms with E-state index in [0.717, 1.165) is 51.4 Å².